The maximum atomic E-state index is 5.73. The standard InChI is InChI=1S/C12H18N2O/c13-12-3-1-2-11(4-5-12)10-14-6-8-15-9-7-14/h1,3-5H,2,6-10,13H2. The van der Waals surface area contributed by atoms with Crippen molar-refractivity contribution in [1.29, 1.82) is 0 Å². The smallest absolute Gasteiger partial charge is 0.0594 e. The van der Waals surface area contributed by atoms with E-state index < -0.39 is 0 Å². The van der Waals surface area contributed by atoms with Crippen LogP contribution in [0.4, 0.5) is 0 Å². The molecule has 15 heavy (non-hydrogen) atoms. The molecule has 0 amide bonds. The molecule has 0 aromatic rings. The molecule has 1 aliphatic carbocycles. The lowest BCUT2D eigenvalue weighted by molar-refractivity contribution is 0.0421. The van der Waals surface area contributed by atoms with Crippen molar-refractivity contribution in [2.24, 2.45) is 5.73 Å². The Labute approximate surface area is 90.9 Å². The Kier molecular flexibility index (Phi) is 3.59. The molecule has 2 aliphatic rings. The highest BCUT2D eigenvalue weighted by molar-refractivity contribution is 5.29. The van der Waals surface area contributed by atoms with Crippen molar-refractivity contribution < 1.29 is 4.74 Å². The van der Waals surface area contributed by atoms with Gasteiger partial charge in [-0.3, -0.25) is 4.90 Å². The van der Waals surface area contributed by atoms with E-state index in [2.05, 4.69) is 17.1 Å². The van der Waals surface area contributed by atoms with Crippen molar-refractivity contribution in [3.05, 3.63) is 35.6 Å². The summed E-state index contributed by atoms with van der Waals surface area (Å²) in [5.74, 6) is 0. The minimum absolute atomic E-state index is 0.840. The molecule has 0 radical (unpaired) electrons. The van der Waals surface area contributed by atoms with Gasteiger partial charge in [-0.05, 0) is 18.6 Å². The fraction of sp³-hybridized carbons (Fsp3) is 0.500. The van der Waals surface area contributed by atoms with E-state index in [-0.39, 0.29) is 0 Å². The van der Waals surface area contributed by atoms with Crippen LogP contribution in [0.15, 0.2) is 35.6 Å². The highest BCUT2D eigenvalue weighted by atomic mass is 16.5. The molecular weight excluding hydrogens is 188 g/mol. The second kappa shape index (κ2) is 5.14. The Morgan fingerprint density at radius 2 is 2.07 bits per heavy atom. The van der Waals surface area contributed by atoms with E-state index in [9.17, 15) is 0 Å². The molecule has 0 spiro atoms. The van der Waals surface area contributed by atoms with Crippen molar-refractivity contribution in [2.45, 2.75) is 6.42 Å². The summed E-state index contributed by atoms with van der Waals surface area (Å²) in [5.41, 5.74) is 7.99. The van der Waals surface area contributed by atoms with Gasteiger partial charge in [-0.25, -0.2) is 0 Å². The molecule has 3 heteroatoms. The van der Waals surface area contributed by atoms with Gasteiger partial charge in [0, 0.05) is 25.3 Å². The maximum absolute atomic E-state index is 5.73. The van der Waals surface area contributed by atoms with Gasteiger partial charge in [0.2, 0.25) is 0 Å². The van der Waals surface area contributed by atoms with Gasteiger partial charge in [-0.1, -0.05) is 17.7 Å². The average molecular weight is 206 g/mol. The summed E-state index contributed by atoms with van der Waals surface area (Å²) < 4.78 is 5.32. The average Bonchev–Trinajstić information content (AvgIpc) is 2.46. The zero-order valence-corrected chi connectivity index (χ0v) is 8.98. The molecule has 2 rings (SSSR count). The number of ether oxygens (including phenoxy) is 1. The van der Waals surface area contributed by atoms with Crippen LogP contribution in [-0.4, -0.2) is 37.7 Å². The second-order valence-corrected chi connectivity index (χ2v) is 3.99. The van der Waals surface area contributed by atoms with Gasteiger partial charge in [-0.2, -0.15) is 0 Å². The molecule has 3 nitrogen and oxygen atoms in total. The SMILES string of the molecule is NC1=CC=C(CN2CCOCC2)CC=C1. The van der Waals surface area contributed by atoms with Gasteiger partial charge in [0.15, 0.2) is 0 Å². The largest absolute Gasteiger partial charge is 0.399 e. The van der Waals surface area contributed by atoms with Crippen LogP contribution in [0.2, 0.25) is 0 Å². The number of nitrogens with zero attached hydrogens (tertiary/aromatic N) is 1. The van der Waals surface area contributed by atoms with Crippen LogP contribution in [0.25, 0.3) is 0 Å². The molecule has 0 unspecified atom stereocenters. The van der Waals surface area contributed by atoms with Crippen LogP contribution in [-0.2, 0) is 4.74 Å². The van der Waals surface area contributed by atoms with Crippen LogP contribution >= 0.6 is 0 Å². The minimum Gasteiger partial charge on any atom is -0.399 e. The molecule has 1 fully saturated rings. The molecule has 0 bridgehead atoms. The first kappa shape index (κ1) is 10.5. The molecule has 0 saturated carbocycles. The summed E-state index contributed by atoms with van der Waals surface area (Å²) >= 11 is 0. The quantitative estimate of drug-likeness (QED) is 0.734. The molecule has 1 heterocycles. The highest BCUT2D eigenvalue weighted by Crippen LogP contribution is 2.11. The Hall–Kier alpha value is -1.06. The Balaban J connectivity index is 1.91. The van der Waals surface area contributed by atoms with E-state index in [0.717, 1.165) is 45.0 Å². The highest BCUT2D eigenvalue weighted by Gasteiger charge is 2.11. The number of allylic oxidation sites excluding steroid dienone is 4. The molecule has 82 valence electrons. The Morgan fingerprint density at radius 3 is 2.87 bits per heavy atom. The molecule has 0 aromatic heterocycles. The number of rotatable bonds is 2. The van der Waals surface area contributed by atoms with Crippen LogP contribution in [0.3, 0.4) is 0 Å². The first-order valence-electron chi connectivity index (χ1n) is 5.46. The van der Waals surface area contributed by atoms with Gasteiger partial charge in [0.25, 0.3) is 0 Å². The third-order valence-corrected chi connectivity index (χ3v) is 2.73. The molecule has 1 saturated heterocycles. The fourth-order valence-electron chi connectivity index (χ4n) is 1.85. The van der Waals surface area contributed by atoms with Crippen molar-refractivity contribution >= 4 is 0 Å². The predicted octanol–water partition coefficient (Wildman–Crippen LogP) is 1.05. The van der Waals surface area contributed by atoms with Crippen LogP contribution in [0, 0.1) is 0 Å². The first-order valence-corrected chi connectivity index (χ1v) is 5.46. The minimum atomic E-state index is 0.840. The van der Waals surface area contributed by atoms with Gasteiger partial charge in [-0.15, -0.1) is 0 Å². The summed E-state index contributed by atoms with van der Waals surface area (Å²) in [6.45, 7) is 4.85. The van der Waals surface area contributed by atoms with Crippen LogP contribution in [0.5, 0.6) is 0 Å². The second-order valence-electron chi connectivity index (χ2n) is 3.99. The molecule has 1 aliphatic heterocycles. The van der Waals surface area contributed by atoms with Crippen molar-refractivity contribution in [3.8, 4) is 0 Å². The monoisotopic (exact) mass is 206 g/mol. The summed E-state index contributed by atoms with van der Waals surface area (Å²) in [7, 11) is 0. The third kappa shape index (κ3) is 3.22. The number of hydrogen-bond acceptors (Lipinski definition) is 3. The first-order chi connectivity index (χ1) is 7.34. The molecular formula is C12H18N2O. The Morgan fingerprint density at radius 1 is 1.27 bits per heavy atom. The normalized spacial score (nSPS) is 23.2. The van der Waals surface area contributed by atoms with E-state index in [4.69, 9.17) is 10.5 Å². The summed E-state index contributed by atoms with van der Waals surface area (Å²) in [5, 5.41) is 0. The van der Waals surface area contributed by atoms with E-state index in [1.165, 1.54) is 5.57 Å². The van der Waals surface area contributed by atoms with E-state index in [0.29, 0.717) is 0 Å². The summed E-state index contributed by atoms with van der Waals surface area (Å²) in [6, 6.07) is 0. The van der Waals surface area contributed by atoms with Gasteiger partial charge >= 0.3 is 0 Å². The van der Waals surface area contributed by atoms with Crippen molar-refractivity contribution in [1.82, 2.24) is 4.90 Å². The number of morpholine rings is 1. The van der Waals surface area contributed by atoms with E-state index in [1.807, 2.05) is 12.2 Å². The van der Waals surface area contributed by atoms with Gasteiger partial charge in [0.05, 0.1) is 13.2 Å². The lowest BCUT2D eigenvalue weighted by Gasteiger charge is -2.27. The zero-order valence-electron chi connectivity index (χ0n) is 8.98. The Bertz CT molecular complexity index is 299. The van der Waals surface area contributed by atoms with Crippen LogP contribution in [0.1, 0.15) is 6.42 Å². The molecule has 0 atom stereocenters. The lowest BCUT2D eigenvalue weighted by Crippen LogP contribution is -2.37. The van der Waals surface area contributed by atoms with E-state index >= 15 is 0 Å². The van der Waals surface area contributed by atoms with E-state index in [1.54, 1.807) is 0 Å². The van der Waals surface area contributed by atoms with Crippen molar-refractivity contribution in [3.63, 3.8) is 0 Å². The number of nitrogens with two attached hydrogens (primary N) is 1. The summed E-state index contributed by atoms with van der Waals surface area (Å²) in [6.07, 6.45) is 9.24. The van der Waals surface area contributed by atoms with Crippen molar-refractivity contribution in [2.75, 3.05) is 32.8 Å². The molecule has 2 N–H and O–H groups in total. The van der Waals surface area contributed by atoms with Crippen LogP contribution < -0.4 is 5.73 Å². The zero-order chi connectivity index (χ0) is 10.5. The van der Waals surface area contributed by atoms with Gasteiger partial charge in [0.1, 0.15) is 0 Å². The predicted molar refractivity (Wildman–Crippen MR) is 61.4 cm³/mol. The summed E-state index contributed by atoms with van der Waals surface area (Å²) in [4.78, 5) is 2.43. The number of hydrogen-bond donors (Lipinski definition) is 1. The van der Waals surface area contributed by atoms with Gasteiger partial charge < -0.3 is 10.5 Å². The molecule has 0 aromatic carbocycles. The fourth-order valence-corrected chi connectivity index (χ4v) is 1.85. The lowest BCUT2D eigenvalue weighted by atomic mass is 10.1. The maximum Gasteiger partial charge on any atom is 0.0594 e. The topological polar surface area (TPSA) is 38.5 Å². The third-order valence-electron chi connectivity index (χ3n) is 2.73.